The first-order valence-corrected chi connectivity index (χ1v) is 6.75. The standard InChI is InChI=1S/C9H16NO4P/c1-8-4-7-13-15(12,14-8)9(2)5-3-6-10(9)11/h6,8H,3-5,7H2,1-2H3. The molecule has 0 aromatic carbocycles. The Bertz CT molecular complexity index is 343. The molecule has 3 atom stereocenters. The maximum atomic E-state index is 12.5. The molecule has 0 saturated carbocycles. The molecule has 0 radical (unpaired) electrons. The van der Waals surface area contributed by atoms with Gasteiger partial charge in [0.15, 0.2) is 6.21 Å². The van der Waals surface area contributed by atoms with Crippen LogP contribution in [-0.4, -0.2) is 28.9 Å². The summed E-state index contributed by atoms with van der Waals surface area (Å²) >= 11 is 0. The highest BCUT2D eigenvalue weighted by Crippen LogP contribution is 2.65. The van der Waals surface area contributed by atoms with Crippen LogP contribution in [0.4, 0.5) is 0 Å². The first-order chi connectivity index (χ1) is 6.98. The van der Waals surface area contributed by atoms with Crippen LogP contribution in [0.1, 0.15) is 33.1 Å². The van der Waals surface area contributed by atoms with Gasteiger partial charge < -0.3 is 14.3 Å². The second kappa shape index (κ2) is 3.58. The molecule has 2 rings (SSSR count). The summed E-state index contributed by atoms with van der Waals surface area (Å²) in [6.07, 6.45) is 3.29. The molecule has 5 nitrogen and oxygen atoms in total. The van der Waals surface area contributed by atoms with Gasteiger partial charge in [-0.15, -0.1) is 0 Å². The number of hydrogen-bond donors (Lipinski definition) is 0. The Morgan fingerprint density at radius 2 is 2.40 bits per heavy atom. The van der Waals surface area contributed by atoms with Crippen LogP contribution in [-0.2, 0) is 13.6 Å². The molecule has 15 heavy (non-hydrogen) atoms. The molecule has 6 heteroatoms. The third-order valence-corrected chi connectivity index (χ3v) is 5.84. The van der Waals surface area contributed by atoms with Crippen LogP contribution < -0.4 is 0 Å². The van der Waals surface area contributed by atoms with Crippen LogP contribution >= 0.6 is 7.60 Å². The Kier molecular flexibility index (Phi) is 2.65. The van der Waals surface area contributed by atoms with Crippen molar-refractivity contribution in [2.24, 2.45) is 0 Å². The van der Waals surface area contributed by atoms with Crippen LogP contribution in [0.3, 0.4) is 0 Å². The second-order valence-corrected chi connectivity index (χ2v) is 6.73. The lowest BCUT2D eigenvalue weighted by molar-refractivity contribution is -0.507. The van der Waals surface area contributed by atoms with E-state index in [1.165, 1.54) is 6.21 Å². The molecule has 1 saturated heterocycles. The highest BCUT2D eigenvalue weighted by Gasteiger charge is 2.58. The monoisotopic (exact) mass is 233 g/mol. The van der Waals surface area contributed by atoms with E-state index in [-0.39, 0.29) is 6.10 Å². The van der Waals surface area contributed by atoms with Gasteiger partial charge in [0.2, 0.25) is 0 Å². The smallest absolute Gasteiger partial charge is 0.402 e. The lowest BCUT2D eigenvalue weighted by atomic mass is 10.2. The summed E-state index contributed by atoms with van der Waals surface area (Å²) in [4.78, 5) is 0. The molecule has 0 bridgehead atoms. The van der Waals surface area contributed by atoms with E-state index >= 15 is 0 Å². The minimum absolute atomic E-state index is 0.101. The average molecular weight is 233 g/mol. The summed E-state index contributed by atoms with van der Waals surface area (Å²) in [6.45, 7) is 3.91. The summed E-state index contributed by atoms with van der Waals surface area (Å²) in [7, 11) is -3.30. The van der Waals surface area contributed by atoms with Crippen molar-refractivity contribution in [3.05, 3.63) is 5.21 Å². The number of nitrogens with zero attached hydrogens (tertiary/aromatic N) is 1. The largest absolute Gasteiger partial charge is 0.623 e. The minimum Gasteiger partial charge on any atom is -0.623 e. The maximum absolute atomic E-state index is 12.5. The predicted octanol–water partition coefficient (Wildman–Crippen LogP) is 2.10. The normalized spacial score (nSPS) is 46.5. The molecule has 0 aromatic rings. The van der Waals surface area contributed by atoms with Gasteiger partial charge in [0, 0.05) is 19.8 Å². The molecule has 0 amide bonds. The van der Waals surface area contributed by atoms with Gasteiger partial charge in [0.05, 0.1) is 12.7 Å². The number of hydroxylamine groups is 1. The molecule has 2 aliphatic heterocycles. The molecule has 0 N–H and O–H groups in total. The van der Waals surface area contributed by atoms with Crippen molar-refractivity contribution < 1.29 is 18.4 Å². The van der Waals surface area contributed by atoms with Crippen LogP contribution in [0, 0.1) is 5.21 Å². The molecule has 2 heterocycles. The molecule has 1 fully saturated rings. The van der Waals surface area contributed by atoms with E-state index < -0.39 is 12.9 Å². The van der Waals surface area contributed by atoms with Gasteiger partial charge in [-0.3, -0.25) is 4.57 Å². The topological polar surface area (TPSA) is 61.6 Å². The lowest BCUT2D eigenvalue weighted by Crippen LogP contribution is -2.37. The summed E-state index contributed by atoms with van der Waals surface area (Å²) in [5.74, 6) is 0. The van der Waals surface area contributed by atoms with Crippen molar-refractivity contribution in [3.8, 4) is 0 Å². The van der Waals surface area contributed by atoms with E-state index in [1.54, 1.807) is 6.92 Å². The summed E-state index contributed by atoms with van der Waals surface area (Å²) < 4.78 is 23.9. The van der Waals surface area contributed by atoms with E-state index in [0.717, 1.165) is 11.2 Å². The van der Waals surface area contributed by atoms with Gasteiger partial charge in [-0.1, -0.05) is 0 Å². The molecule has 86 valence electrons. The van der Waals surface area contributed by atoms with E-state index in [1.807, 2.05) is 6.92 Å². The van der Waals surface area contributed by atoms with Crippen molar-refractivity contribution in [1.29, 1.82) is 0 Å². The van der Waals surface area contributed by atoms with Gasteiger partial charge in [-0.25, -0.2) is 0 Å². The quantitative estimate of drug-likeness (QED) is 0.395. The van der Waals surface area contributed by atoms with Gasteiger partial charge in [-0.05, 0) is 13.3 Å². The fourth-order valence-electron chi connectivity index (χ4n) is 1.93. The first-order valence-electron chi connectivity index (χ1n) is 5.21. The van der Waals surface area contributed by atoms with Crippen molar-refractivity contribution in [1.82, 2.24) is 0 Å². The first kappa shape index (κ1) is 11.1. The average Bonchev–Trinajstić information content (AvgIpc) is 2.48. The zero-order valence-corrected chi connectivity index (χ0v) is 9.90. The van der Waals surface area contributed by atoms with Crippen LogP contribution in [0.25, 0.3) is 0 Å². The Morgan fingerprint density at radius 3 is 2.93 bits per heavy atom. The van der Waals surface area contributed by atoms with Gasteiger partial charge in [-0.2, -0.15) is 4.74 Å². The zero-order chi connectivity index (χ0) is 11.1. The van der Waals surface area contributed by atoms with Crippen molar-refractivity contribution in [2.45, 2.75) is 44.5 Å². The third kappa shape index (κ3) is 1.63. The highest BCUT2D eigenvalue weighted by molar-refractivity contribution is 7.55. The summed E-state index contributed by atoms with van der Waals surface area (Å²) in [6, 6.07) is 0. The fraction of sp³-hybridized carbons (Fsp3) is 0.889. The molecular weight excluding hydrogens is 217 g/mol. The van der Waals surface area contributed by atoms with Crippen molar-refractivity contribution in [2.75, 3.05) is 6.61 Å². The molecule has 0 spiro atoms. The Labute approximate surface area is 89.2 Å². The molecule has 0 aromatic heterocycles. The van der Waals surface area contributed by atoms with E-state index in [4.69, 9.17) is 9.05 Å². The zero-order valence-electron chi connectivity index (χ0n) is 9.01. The van der Waals surface area contributed by atoms with E-state index in [9.17, 15) is 9.77 Å². The predicted molar refractivity (Wildman–Crippen MR) is 56.1 cm³/mol. The molecule has 0 aliphatic carbocycles. The minimum atomic E-state index is -3.30. The van der Waals surface area contributed by atoms with E-state index in [2.05, 4.69) is 0 Å². The third-order valence-electron chi connectivity index (χ3n) is 3.08. The Hall–Kier alpha value is -0.380. The summed E-state index contributed by atoms with van der Waals surface area (Å²) in [5, 5.41) is 10.6. The molecular formula is C9H16NO4P. The molecule has 2 aliphatic rings. The van der Waals surface area contributed by atoms with Gasteiger partial charge >= 0.3 is 7.60 Å². The Morgan fingerprint density at radius 1 is 1.67 bits per heavy atom. The van der Waals surface area contributed by atoms with Crippen LogP contribution in [0.5, 0.6) is 0 Å². The Balaban J connectivity index is 2.28. The SMILES string of the molecule is CC1CCOP(=O)(C2(C)CCC=[N+]2[O-])O1. The van der Waals surface area contributed by atoms with Crippen LogP contribution in [0.2, 0.25) is 0 Å². The maximum Gasteiger partial charge on any atom is 0.402 e. The van der Waals surface area contributed by atoms with Crippen molar-refractivity contribution >= 4 is 13.8 Å². The fourth-order valence-corrected chi connectivity index (χ4v) is 4.15. The summed E-state index contributed by atoms with van der Waals surface area (Å²) in [5.41, 5.74) is 0. The lowest BCUT2D eigenvalue weighted by Gasteiger charge is -2.35. The number of hydrogen-bond acceptors (Lipinski definition) is 4. The van der Waals surface area contributed by atoms with E-state index in [0.29, 0.717) is 19.4 Å². The highest BCUT2D eigenvalue weighted by atomic mass is 31.2. The van der Waals surface area contributed by atoms with Crippen molar-refractivity contribution in [3.63, 3.8) is 0 Å². The second-order valence-electron chi connectivity index (χ2n) is 4.30. The van der Waals surface area contributed by atoms with Gasteiger partial charge in [0.1, 0.15) is 0 Å². The number of rotatable bonds is 1. The van der Waals surface area contributed by atoms with Gasteiger partial charge in [0.25, 0.3) is 5.28 Å². The van der Waals surface area contributed by atoms with Crippen LogP contribution in [0.15, 0.2) is 0 Å². The molecule has 3 unspecified atom stereocenters.